The molecule has 0 spiro atoms. The van der Waals surface area contributed by atoms with Gasteiger partial charge in [-0.1, -0.05) is 121 Å². The predicted octanol–water partition coefficient (Wildman–Crippen LogP) is 9.08. The maximum atomic E-state index is 5.45. The van der Waals surface area contributed by atoms with Gasteiger partial charge in [-0.15, -0.1) is 0 Å². The maximum absolute atomic E-state index is 5.45. The Morgan fingerprint density at radius 2 is 1.00 bits per heavy atom. The number of hydrogen-bond acceptors (Lipinski definition) is 3. The summed E-state index contributed by atoms with van der Waals surface area (Å²) in [6.07, 6.45) is 1.22. The summed E-state index contributed by atoms with van der Waals surface area (Å²) in [6.45, 7) is 24.5. The molecule has 216 valence electrons. The zero-order valence-corrected chi connectivity index (χ0v) is 27.0. The molecule has 0 atom stereocenters. The Morgan fingerprint density at radius 3 is 1.32 bits per heavy atom. The van der Waals surface area contributed by atoms with Gasteiger partial charge in [0.1, 0.15) is 0 Å². The molecule has 0 aliphatic rings. The van der Waals surface area contributed by atoms with E-state index in [1.807, 2.05) is 60.7 Å². The van der Waals surface area contributed by atoms with E-state index in [1.165, 1.54) is 46.3 Å². The molecule has 0 bridgehead atoms. The van der Waals surface area contributed by atoms with Crippen LogP contribution in [0, 0.1) is 20.8 Å². The molecule has 0 aliphatic heterocycles. The molecule has 3 aromatic carbocycles. The molecule has 3 rings (SSSR count). The molecule has 38 heavy (non-hydrogen) atoms. The Morgan fingerprint density at radius 1 is 0.632 bits per heavy atom. The van der Waals surface area contributed by atoms with Crippen LogP contribution in [0.1, 0.15) is 88.3 Å². The standard InChI is InChI=1S/C12H19N.C9H13N.C8H11N.3C2H6/c1-4-9-13(3)10-12-8-6-5-7-11(12)2;1-8-5-3-4-6-9(8)7-10-2;1-7-4-2-3-5-8(7)6-9;3*1-2/h5-8H,4,9-10H2,1-3H3;3-6,10H,7H2,1-2H3;2-5H,6,9H2,1H3;3*1-2H3. The maximum Gasteiger partial charge on any atom is 0.0233 e. The van der Waals surface area contributed by atoms with Crippen molar-refractivity contribution in [3.05, 3.63) is 106 Å². The van der Waals surface area contributed by atoms with Gasteiger partial charge in [-0.2, -0.15) is 0 Å². The van der Waals surface area contributed by atoms with Crippen LogP contribution in [0.5, 0.6) is 0 Å². The van der Waals surface area contributed by atoms with Gasteiger partial charge in [0.05, 0.1) is 0 Å². The summed E-state index contributed by atoms with van der Waals surface area (Å²) in [5.41, 5.74) is 13.5. The van der Waals surface area contributed by atoms with E-state index in [0.29, 0.717) is 6.54 Å². The minimum atomic E-state index is 0.646. The molecule has 3 nitrogen and oxygen atoms in total. The van der Waals surface area contributed by atoms with Crippen molar-refractivity contribution >= 4 is 0 Å². The van der Waals surface area contributed by atoms with Gasteiger partial charge in [-0.3, -0.25) is 0 Å². The van der Waals surface area contributed by atoms with Crippen molar-refractivity contribution < 1.29 is 0 Å². The molecule has 3 heteroatoms. The number of nitrogens with two attached hydrogens (primary N) is 1. The molecule has 0 amide bonds. The molecule has 0 fully saturated rings. The zero-order chi connectivity index (χ0) is 29.8. The highest BCUT2D eigenvalue weighted by atomic mass is 15.1. The van der Waals surface area contributed by atoms with Gasteiger partial charge in [0.2, 0.25) is 0 Å². The van der Waals surface area contributed by atoms with E-state index in [0.717, 1.165) is 13.1 Å². The summed E-state index contributed by atoms with van der Waals surface area (Å²) < 4.78 is 0. The molecule has 0 saturated heterocycles. The van der Waals surface area contributed by atoms with Crippen LogP contribution < -0.4 is 11.1 Å². The molecular weight excluding hydrogens is 462 g/mol. The Labute approximate surface area is 237 Å². The molecule has 0 aromatic heterocycles. The first-order valence-electron chi connectivity index (χ1n) is 14.6. The highest BCUT2D eigenvalue weighted by Gasteiger charge is 2.00. The highest BCUT2D eigenvalue weighted by Crippen LogP contribution is 2.09. The third-order valence-electron chi connectivity index (χ3n) is 5.42. The fourth-order valence-electron chi connectivity index (χ4n) is 3.38. The lowest BCUT2D eigenvalue weighted by atomic mass is 10.1. The van der Waals surface area contributed by atoms with Gasteiger partial charge in [0.25, 0.3) is 0 Å². The van der Waals surface area contributed by atoms with Crippen LogP contribution in [-0.2, 0) is 19.6 Å². The molecular formula is C35H61N3. The molecule has 0 heterocycles. The highest BCUT2D eigenvalue weighted by molar-refractivity contribution is 5.26. The Kier molecular flexibility index (Phi) is 30.7. The first-order chi connectivity index (χ1) is 18.4. The van der Waals surface area contributed by atoms with Crippen LogP contribution in [0.3, 0.4) is 0 Å². The molecule has 0 saturated carbocycles. The van der Waals surface area contributed by atoms with Gasteiger partial charge in [0, 0.05) is 19.6 Å². The van der Waals surface area contributed by atoms with Crippen LogP contribution in [0.25, 0.3) is 0 Å². The smallest absolute Gasteiger partial charge is 0.0233 e. The summed E-state index contributed by atoms with van der Waals surface area (Å²) in [5.74, 6) is 0. The SMILES string of the molecule is CC.CC.CC.CCCN(C)Cc1ccccc1C.CNCc1ccccc1C.Cc1ccccc1CN. The normalized spacial score (nSPS) is 9.00. The average Bonchev–Trinajstić information content (AvgIpc) is 2.96. The Balaban J connectivity index is -0.000000445. The topological polar surface area (TPSA) is 41.3 Å². The fourth-order valence-corrected chi connectivity index (χ4v) is 3.38. The summed E-state index contributed by atoms with van der Waals surface area (Å²) in [4.78, 5) is 2.36. The van der Waals surface area contributed by atoms with Gasteiger partial charge in [-0.05, 0) is 81.2 Å². The second-order valence-corrected chi connectivity index (χ2v) is 8.25. The molecule has 0 unspecified atom stereocenters. The van der Waals surface area contributed by atoms with E-state index < -0.39 is 0 Å². The lowest BCUT2D eigenvalue weighted by Crippen LogP contribution is -2.18. The number of hydrogen-bond donors (Lipinski definition) is 2. The van der Waals surface area contributed by atoms with Crippen molar-refractivity contribution in [3.8, 4) is 0 Å². The Bertz CT molecular complexity index is 890. The third kappa shape index (κ3) is 19.6. The van der Waals surface area contributed by atoms with Crippen LogP contribution in [0.2, 0.25) is 0 Å². The minimum Gasteiger partial charge on any atom is -0.326 e. The van der Waals surface area contributed by atoms with Gasteiger partial charge in [0.15, 0.2) is 0 Å². The largest absolute Gasteiger partial charge is 0.326 e. The van der Waals surface area contributed by atoms with Crippen LogP contribution in [0.4, 0.5) is 0 Å². The van der Waals surface area contributed by atoms with Crippen LogP contribution in [0.15, 0.2) is 72.8 Å². The lowest BCUT2D eigenvalue weighted by Gasteiger charge is -2.16. The van der Waals surface area contributed by atoms with Crippen molar-refractivity contribution in [2.75, 3.05) is 20.6 Å². The predicted molar refractivity (Wildman–Crippen MR) is 175 cm³/mol. The van der Waals surface area contributed by atoms with Crippen LogP contribution in [-0.4, -0.2) is 25.5 Å². The van der Waals surface area contributed by atoms with E-state index >= 15 is 0 Å². The molecule has 0 radical (unpaired) electrons. The summed E-state index contributed by atoms with van der Waals surface area (Å²) in [5, 5.41) is 3.12. The minimum absolute atomic E-state index is 0.646. The van der Waals surface area contributed by atoms with Gasteiger partial charge < -0.3 is 16.0 Å². The summed E-state index contributed by atoms with van der Waals surface area (Å²) >= 11 is 0. The number of nitrogens with one attached hydrogen (secondary N) is 1. The quantitative estimate of drug-likeness (QED) is 0.324. The Hall–Kier alpha value is -2.46. The van der Waals surface area contributed by atoms with E-state index in [2.05, 4.69) is 106 Å². The molecule has 3 N–H and O–H groups in total. The second kappa shape index (κ2) is 29.1. The second-order valence-electron chi connectivity index (χ2n) is 8.25. The van der Waals surface area contributed by atoms with E-state index in [1.54, 1.807) is 0 Å². The van der Waals surface area contributed by atoms with Crippen molar-refractivity contribution in [1.29, 1.82) is 0 Å². The average molecular weight is 524 g/mol. The van der Waals surface area contributed by atoms with Crippen molar-refractivity contribution in [2.24, 2.45) is 5.73 Å². The van der Waals surface area contributed by atoms with Crippen molar-refractivity contribution in [3.63, 3.8) is 0 Å². The molecule has 0 aliphatic carbocycles. The summed E-state index contributed by atoms with van der Waals surface area (Å²) in [7, 11) is 4.14. The fraction of sp³-hybridized carbons (Fsp3) is 0.486. The van der Waals surface area contributed by atoms with Crippen molar-refractivity contribution in [2.45, 2.75) is 95.3 Å². The van der Waals surface area contributed by atoms with Crippen molar-refractivity contribution in [1.82, 2.24) is 10.2 Å². The monoisotopic (exact) mass is 523 g/mol. The third-order valence-corrected chi connectivity index (χ3v) is 5.42. The van der Waals surface area contributed by atoms with E-state index in [4.69, 9.17) is 5.73 Å². The van der Waals surface area contributed by atoms with E-state index in [-0.39, 0.29) is 0 Å². The van der Waals surface area contributed by atoms with Crippen LogP contribution >= 0.6 is 0 Å². The number of benzene rings is 3. The first kappa shape index (κ1) is 40.0. The number of rotatable bonds is 7. The molecule has 3 aromatic rings. The van der Waals surface area contributed by atoms with Gasteiger partial charge in [-0.25, -0.2) is 0 Å². The number of aryl methyl sites for hydroxylation is 3. The first-order valence-corrected chi connectivity index (χ1v) is 14.6. The van der Waals surface area contributed by atoms with Gasteiger partial charge >= 0.3 is 0 Å². The lowest BCUT2D eigenvalue weighted by molar-refractivity contribution is 0.327. The summed E-state index contributed by atoms with van der Waals surface area (Å²) in [6, 6.07) is 25.2. The van der Waals surface area contributed by atoms with E-state index in [9.17, 15) is 0 Å². The zero-order valence-electron chi connectivity index (χ0n) is 27.0. The number of nitrogens with zero attached hydrogens (tertiary/aromatic N) is 1.